The van der Waals surface area contributed by atoms with E-state index < -0.39 is 0 Å². The molecule has 0 fully saturated rings. The lowest BCUT2D eigenvalue weighted by Gasteiger charge is -2.15. The fourth-order valence-corrected chi connectivity index (χ4v) is 2.54. The number of imidazole rings is 1. The molecule has 0 radical (unpaired) electrons. The van der Waals surface area contributed by atoms with Crippen molar-refractivity contribution >= 4 is 16.9 Å². The predicted octanol–water partition coefficient (Wildman–Crippen LogP) is 3.06. The topological polar surface area (TPSA) is 51.3 Å². The number of fused-ring (bicyclic) bond motifs is 1. The highest BCUT2D eigenvalue weighted by atomic mass is 16.3. The van der Waals surface area contributed by atoms with E-state index in [-0.39, 0.29) is 5.91 Å². The van der Waals surface area contributed by atoms with Crippen molar-refractivity contribution in [3.05, 3.63) is 53.3 Å². The Kier molecular flexibility index (Phi) is 3.48. The lowest BCUT2D eigenvalue weighted by molar-refractivity contribution is 0.0750. The van der Waals surface area contributed by atoms with Crippen LogP contribution in [0.25, 0.3) is 11.0 Å². The molecule has 3 rings (SSSR count). The molecule has 1 amide bonds. The molecule has 0 atom stereocenters. The van der Waals surface area contributed by atoms with Crippen LogP contribution in [0.5, 0.6) is 0 Å². The highest BCUT2D eigenvalue weighted by molar-refractivity contribution is 5.98. The van der Waals surface area contributed by atoms with Crippen LogP contribution in [-0.4, -0.2) is 27.4 Å². The molecule has 1 aromatic carbocycles. The van der Waals surface area contributed by atoms with E-state index in [1.807, 2.05) is 49.9 Å². The Hall–Kier alpha value is -2.56. The van der Waals surface area contributed by atoms with Crippen LogP contribution >= 0.6 is 0 Å². The Labute approximate surface area is 129 Å². The number of carbonyl (C=O) groups is 1. The van der Waals surface area contributed by atoms with Crippen molar-refractivity contribution in [2.75, 3.05) is 7.05 Å². The summed E-state index contributed by atoms with van der Waals surface area (Å²) < 4.78 is 7.70. The van der Waals surface area contributed by atoms with Crippen molar-refractivity contribution in [2.45, 2.75) is 20.4 Å². The molecular weight excluding hydrogens is 278 g/mol. The third-order valence-electron chi connectivity index (χ3n) is 3.93. The molecule has 0 bridgehead atoms. The summed E-state index contributed by atoms with van der Waals surface area (Å²) in [6.07, 6.45) is 3.59. The molecule has 0 spiro atoms. The van der Waals surface area contributed by atoms with Gasteiger partial charge in [-0.15, -0.1) is 0 Å². The third-order valence-corrected chi connectivity index (χ3v) is 3.93. The molecule has 2 aromatic heterocycles. The maximum atomic E-state index is 12.7. The normalized spacial score (nSPS) is 11.1. The molecule has 0 saturated carbocycles. The summed E-state index contributed by atoms with van der Waals surface area (Å²) in [5.74, 6) is 1.10. The minimum Gasteiger partial charge on any atom is -0.451 e. The number of carbonyl (C=O) groups excluding carboxylic acids is 1. The van der Waals surface area contributed by atoms with Gasteiger partial charge in [0.05, 0.1) is 6.54 Å². The Morgan fingerprint density at radius 2 is 2.14 bits per heavy atom. The summed E-state index contributed by atoms with van der Waals surface area (Å²) in [5, 5.41) is 0.986. The number of amides is 1. The first-order valence-electron chi connectivity index (χ1n) is 7.19. The summed E-state index contributed by atoms with van der Waals surface area (Å²) in [4.78, 5) is 18.5. The Morgan fingerprint density at radius 1 is 1.36 bits per heavy atom. The van der Waals surface area contributed by atoms with Crippen LogP contribution in [0.3, 0.4) is 0 Å². The number of aryl methyl sites for hydroxylation is 3. The van der Waals surface area contributed by atoms with E-state index in [0.29, 0.717) is 12.3 Å². The molecular formula is C17H19N3O2. The van der Waals surface area contributed by atoms with E-state index in [1.165, 1.54) is 0 Å². The van der Waals surface area contributed by atoms with Crippen LogP contribution in [0.4, 0.5) is 0 Å². The molecule has 2 heterocycles. The van der Waals surface area contributed by atoms with Gasteiger partial charge in [0.2, 0.25) is 0 Å². The first-order valence-corrected chi connectivity index (χ1v) is 7.19. The lowest BCUT2D eigenvalue weighted by atomic mass is 10.1. The first kappa shape index (κ1) is 14.4. The number of benzene rings is 1. The lowest BCUT2D eigenvalue weighted by Crippen LogP contribution is -2.27. The van der Waals surface area contributed by atoms with Gasteiger partial charge in [-0.3, -0.25) is 4.79 Å². The van der Waals surface area contributed by atoms with Crippen LogP contribution in [-0.2, 0) is 13.6 Å². The van der Waals surface area contributed by atoms with Gasteiger partial charge in [0.15, 0.2) is 5.76 Å². The second kappa shape index (κ2) is 5.33. The van der Waals surface area contributed by atoms with E-state index in [0.717, 1.165) is 27.9 Å². The van der Waals surface area contributed by atoms with Crippen molar-refractivity contribution < 1.29 is 9.21 Å². The van der Waals surface area contributed by atoms with Gasteiger partial charge in [-0.1, -0.05) is 12.1 Å². The molecule has 3 aromatic rings. The van der Waals surface area contributed by atoms with Gasteiger partial charge in [0.25, 0.3) is 5.91 Å². The summed E-state index contributed by atoms with van der Waals surface area (Å²) in [5.41, 5.74) is 2.75. The fraction of sp³-hybridized carbons (Fsp3) is 0.294. The van der Waals surface area contributed by atoms with Gasteiger partial charge in [-0.05, 0) is 25.5 Å². The van der Waals surface area contributed by atoms with Gasteiger partial charge < -0.3 is 13.9 Å². The standard InChI is InChI=1S/C17H19N3O2/c1-11-5-6-13-12(2)16(22-14(13)9-11)17(21)20(4)10-15-18-7-8-19(15)3/h5-9H,10H2,1-4H3. The van der Waals surface area contributed by atoms with Crippen LogP contribution in [0.1, 0.15) is 27.5 Å². The molecule has 5 nitrogen and oxygen atoms in total. The number of furan rings is 1. The van der Waals surface area contributed by atoms with Gasteiger partial charge in [0, 0.05) is 37.4 Å². The molecule has 0 saturated heterocycles. The minimum atomic E-state index is -0.130. The molecule has 0 aliphatic carbocycles. The highest BCUT2D eigenvalue weighted by Gasteiger charge is 2.21. The van der Waals surface area contributed by atoms with Gasteiger partial charge in [0.1, 0.15) is 11.4 Å². The number of hydrogen-bond acceptors (Lipinski definition) is 3. The van der Waals surface area contributed by atoms with Crippen molar-refractivity contribution in [1.82, 2.24) is 14.5 Å². The zero-order valence-corrected chi connectivity index (χ0v) is 13.3. The Morgan fingerprint density at radius 3 is 2.82 bits per heavy atom. The van der Waals surface area contributed by atoms with E-state index >= 15 is 0 Å². The highest BCUT2D eigenvalue weighted by Crippen LogP contribution is 2.27. The second-order valence-corrected chi connectivity index (χ2v) is 5.67. The molecule has 0 aliphatic rings. The molecule has 22 heavy (non-hydrogen) atoms. The maximum absolute atomic E-state index is 12.7. The van der Waals surface area contributed by atoms with Crippen molar-refractivity contribution in [2.24, 2.45) is 7.05 Å². The maximum Gasteiger partial charge on any atom is 0.290 e. The van der Waals surface area contributed by atoms with Gasteiger partial charge >= 0.3 is 0 Å². The Bertz CT molecular complexity index is 845. The summed E-state index contributed by atoms with van der Waals surface area (Å²) in [6, 6.07) is 5.98. The smallest absolute Gasteiger partial charge is 0.290 e. The van der Waals surface area contributed by atoms with E-state index in [1.54, 1.807) is 18.1 Å². The van der Waals surface area contributed by atoms with Gasteiger partial charge in [-0.25, -0.2) is 4.98 Å². The monoisotopic (exact) mass is 297 g/mol. The van der Waals surface area contributed by atoms with Gasteiger partial charge in [-0.2, -0.15) is 0 Å². The minimum absolute atomic E-state index is 0.130. The van der Waals surface area contributed by atoms with Crippen molar-refractivity contribution in [3.63, 3.8) is 0 Å². The van der Waals surface area contributed by atoms with Crippen LogP contribution < -0.4 is 0 Å². The molecule has 0 unspecified atom stereocenters. The molecule has 0 N–H and O–H groups in total. The summed E-state index contributed by atoms with van der Waals surface area (Å²) in [6.45, 7) is 4.37. The average molecular weight is 297 g/mol. The van der Waals surface area contributed by atoms with E-state index in [9.17, 15) is 4.79 Å². The SMILES string of the molecule is Cc1ccc2c(C)c(C(=O)N(C)Cc3nccn3C)oc2c1. The third kappa shape index (κ3) is 2.39. The van der Waals surface area contributed by atoms with Crippen LogP contribution in [0.15, 0.2) is 35.0 Å². The molecule has 0 aliphatic heterocycles. The summed E-state index contributed by atoms with van der Waals surface area (Å²) >= 11 is 0. The second-order valence-electron chi connectivity index (χ2n) is 5.67. The fourth-order valence-electron chi connectivity index (χ4n) is 2.54. The van der Waals surface area contributed by atoms with Crippen LogP contribution in [0, 0.1) is 13.8 Å². The van der Waals surface area contributed by atoms with E-state index in [4.69, 9.17) is 4.42 Å². The number of hydrogen-bond donors (Lipinski definition) is 0. The average Bonchev–Trinajstić information content (AvgIpc) is 3.02. The molecule has 114 valence electrons. The predicted molar refractivity (Wildman–Crippen MR) is 84.7 cm³/mol. The molecule has 5 heteroatoms. The van der Waals surface area contributed by atoms with E-state index in [2.05, 4.69) is 4.98 Å². The first-order chi connectivity index (χ1) is 10.5. The largest absolute Gasteiger partial charge is 0.451 e. The zero-order chi connectivity index (χ0) is 15.9. The summed E-state index contributed by atoms with van der Waals surface area (Å²) in [7, 11) is 3.67. The van der Waals surface area contributed by atoms with Crippen molar-refractivity contribution in [1.29, 1.82) is 0 Å². The van der Waals surface area contributed by atoms with Crippen LogP contribution in [0.2, 0.25) is 0 Å². The van der Waals surface area contributed by atoms with Crippen molar-refractivity contribution in [3.8, 4) is 0 Å². The number of aromatic nitrogens is 2. The quantitative estimate of drug-likeness (QED) is 0.746. The number of rotatable bonds is 3. The zero-order valence-electron chi connectivity index (χ0n) is 13.3. The number of nitrogens with zero attached hydrogens (tertiary/aromatic N) is 3. The Balaban J connectivity index is 1.91.